The van der Waals surface area contributed by atoms with Crippen LogP contribution in [0.4, 0.5) is 11.6 Å². The van der Waals surface area contributed by atoms with Crippen LogP contribution in [0.1, 0.15) is 33.6 Å². The number of nitrogens with zero attached hydrogens (tertiary/aromatic N) is 5. The van der Waals surface area contributed by atoms with E-state index in [2.05, 4.69) is 0 Å². The lowest BCUT2D eigenvalue weighted by Gasteiger charge is -2.23. The highest BCUT2D eigenvalue weighted by Gasteiger charge is 2.36. The maximum absolute atomic E-state index is 13.2. The number of amides is 3. The van der Waals surface area contributed by atoms with Crippen molar-refractivity contribution in [2.45, 2.75) is 12.8 Å². The molecule has 0 bridgehead atoms. The number of anilines is 2. The quantitative estimate of drug-likeness (QED) is 0.611. The molecule has 0 spiro atoms. The van der Waals surface area contributed by atoms with Crippen molar-refractivity contribution in [1.29, 1.82) is 0 Å². The summed E-state index contributed by atoms with van der Waals surface area (Å²) < 4.78 is 0. The van der Waals surface area contributed by atoms with E-state index >= 15 is 0 Å². The maximum Gasteiger partial charge on any atom is 0.261 e. The Kier molecular flexibility index (Phi) is 4.62. The van der Waals surface area contributed by atoms with Crippen LogP contribution < -0.4 is 9.80 Å². The van der Waals surface area contributed by atoms with Gasteiger partial charge in [-0.05, 0) is 30.7 Å². The molecule has 5 rings (SSSR count). The topological polar surface area (TPSA) is 86.7 Å². The molecule has 0 radical (unpaired) electrons. The van der Waals surface area contributed by atoms with Gasteiger partial charge in [-0.3, -0.25) is 24.2 Å². The average molecular weight is 415 g/mol. The van der Waals surface area contributed by atoms with Crippen molar-refractivity contribution >= 4 is 40.4 Å². The van der Waals surface area contributed by atoms with Crippen LogP contribution >= 0.6 is 0 Å². The zero-order chi connectivity index (χ0) is 21.5. The molecule has 3 aromatic rings. The van der Waals surface area contributed by atoms with Crippen LogP contribution in [0.3, 0.4) is 0 Å². The summed E-state index contributed by atoms with van der Waals surface area (Å²) in [6.07, 6.45) is 0.798. The number of benzene rings is 2. The molecule has 2 aromatic carbocycles. The molecule has 3 amide bonds. The Morgan fingerprint density at radius 3 is 2.10 bits per heavy atom. The first-order valence-electron chi connectivity index (χ1n) is 10.3. The molecule has 2 aliphatic rings. The average Bonchev–Trinajstić information content (AvgIpc) is 2.92. The molecule has 156 valence electrons. The standard InChI is InChI=1S/C23H21N5O3/c1-26-12-6-13-27(21-20(26)24-17-9-4-5-10-18(17)25-21)19(29)11-14-28-22(30)15-7-2-3-8-16(15)23(28)31/h2-5,7-10H,6,11-14H2,1H3. The Hall–Kier alpha value is -3.81. The summed E-state index contributed by atoms with van der Waals surface area (Å²) in [6, 6.07) is 14.3. The van der Waals surface area contributed by atoms with Gasteiger partial charge in [0.15, 0.2) is 11.6 Å². The number of imide groups is 1. The minimum absolute atomic E-state index is 0.0309. The van der Waals surface area contributed by atoms with E-state index in [-0.39, 0.29) is 30.7 Å². The molecule has 31 heavy (non-hydrogen) atoms. The highest BCUT2D eigenvalue weighted by molar-refractivity contribution is 6.21. The van der Waals surface area contributed by atoms with Crippen LogP contribution in [0, 0.1) is 0 Å². The first-order chi connectivity index (χ1) is 15.0. The number of rotatable bonds is 3. The van der Waals surface area contributed by atoms with E-state index in [4.69, 9.17) is 9.97 Å². The third-order valence-electron chi connectivity index (χ3n) is 5.76. The minimum Gasteiger partial charge on any atom is -0.357 e. The van der Waals surface area contributed by atoms with Crippen molar-refractivity contribution in [1.82, 2.24) is 14.9 Å². The van der Waals surface area contributed by atoms with Gasteiger partial charge in [0.2, 0.25) is 5.91 Å². The largest absolute Gasteiger partial charge is 0.357 e. The van der Waals surface area contributed by atoms with Crippen LogP contribution in [0.15, 0.2) is 48.5 Å². The monoisotopic (exact) mass is 415 g/mol. The molecule has 2 aliphatic heterocycles. The van der Waals surface area contributed by atoms with Gasteiger partial charge < -0.3 is 4.90 Å². The van der Waals surface area contributed by atoms with Gasteiger partial charge in [-0.15, -0.1) is 0 Å². The van der Waals surface area contributed by atoms with E-state index in [9.17, 15) is 14.4 Å². The number of carbonyl (C=O) groups excluding carboxylic acids is 3. The Balaban J connectivity index is 1.40. The SMILES string of the molecule is CN1CCCN(C(=O)CCN2C(=O)c3ccccc3C2=O)c2nc3ccccc3nc21. The van der Waals surface area contributed by atoms with Gasteiger partial charge in [-0.2, -0.15) is 0 Å². The molecule has 0 saturated heterocycles. The number of aromatic nitrogens is 2. The second-order valence-electron chi connectivity index (χ2n) is 7.74. The van der Waals surface area contributed by atoms with Gasteiger partial charge in [0.25, 0.3) is 11.8 Å². The molecule has 0 atom stereocenters. The van der Waals surface area contributed by atoms with E-state index in [1.807, 2.05) is 36.2 Å². The van der Waals surface area contributed by atoms with Crippen molar-refractivity contribution in [3.05, 3.63) is 59.7 Å². The van der Waals surface area contributed by atoms with Crippen molar-refractivity contribution < 1.29 is 14.4 Å². The van der Waals surface area contributed by atoms with Crippen LogP contribution in [-0.2, 0) is 4.79 Å². The molecule has 1 aromatic heterocycles. The van der Waals surface area contributed by atoms with Gasteiger partial charge in [0.1, 0.15) is 0 Å². The fourth-order valence-electron chi connectivity index (χ4n) is 4.12. The van der Waals surface area contributed by atoms with E-state index in [1.165, 1.54) is 0 Å². The van der Waals surface area contributed by atoms with E-state index < -0.39 is 0 Å². The third kappa shape index (κ3) is 3.20. The van der Waals surface area contributed by atoms with E-state index in [0.717, 1.165) is 28.9 Å². The zero-order valence-electron chi connectivity index (χ0n) is 17.1. The number of hydrogen-bond acceptors (Lipinski definition) is 6. The number of hydrogen-bond donors (Lipinski definition) is 0. The van der Waals surface area contributed by atoms with Crippen LogP contribution in [0.25, 0.3) is 11.0 Å². The normalized spacial score (nSPS) is 15.8. The second-order valence-corrected chi connectivity index (χ2v) is 7.74. The Bertz CT molecular complexity index is 1190. The van der Waals surface area contributed by atoms with Crippen LogP contribution in [0.2, 0.25) is 0 Å². The summed E-state index contributed by atoms with van der Waals surface area (Å²) in [4.78, 5) is 52.6. The number of carbonyl (C=O) groups is 3. The molecule has 0 N–H and O–H groups in total. The number of fused-ring (bicyclic) bond motifs is 3. The first kappa shape index (κ1) is 19.2. The van der Waals surface area contributed by atoms with Gasteiger partial charge in [0, 0.05) is 33.1 Å². The summed E-state index contributed by atoms with van der Waals surface area (Å²) in [7, 11) is 1.94. The lowest BCUT2D eigenvalue weighted by molar-refractivity contribution is -0.118. The van der Waals surface area contributed by atoms with Crippen molar-refractivity contribution in [2.24, 2.45) is 0 Å². The maximum atomic E-state index is 13.2. The molecule has 0 unspecified atom stereocenters. The number of para-hydroxylation sites is 2. The molecule has 3 heterocycles. The Morgan fingerprint density at radius 2 is 1.45 bits per heavy atom. The van der Waals surface area contributed by atoms with Crippen LogP contribution in [-0.4, -0.2) is 59.3 Å². The van der Waals surface area contributed by atoms with Gasteiger partial charge in [0.05, 0.1) is 22.2 Å². The van der Waals surface area contributed by atoms with Crippen molar-refractivity contribution in [3.8, 4) is 0 Å². The predicted molar refractivity (Wildman–Crippen MR) is 116 cm³/mol. The Morgan fingerprint density at radius 1 is 0.871 bits per heavy atom. The highest BCUT2D eigenvalue weighted by Crippen LogP contribution is 2.31. The first-order valence-corrected chi connectivity index (χ1v) is 10.3. The third-order valence-corrected chi connectivity index (χ3v) is 5.76. The predicted octanol–water partition coefficient (Wildman–Crippen LogP) is 2.49. The van der Waals surface area contributed by atoms with Gasteiger partial charge in [-0.1, -0.05) is 24.3 Å². The molecule has 8 heteroatoms. The smallest absolute Gasteiger partial charge is 0.261 e. The van der Waals surface area contributed by atoms with E-state index in [0.29, 0.717) is 29.3 Å². The summed E-state index contributed by atoms with van der Waals surface area (Å²) in [5.74, 6) is 0.291. The van der Waals surface area contributed by atoms with Gasteiger partial charge >= 0.3 is 0 Å². The fraction of sp³-hybridized carbons (Fsp3) is 0.261. The summed E-state index contributed by atoms with van der Waals surface area (Å²) in [5.41, 5.74) is 2.26. The van der Waals surface area contributed by atoms with Crippen molar-refractivity contribution in [3.63, 3.8) is 0 Å². The molecule has 0 fully saturated rings. The Labute approximate surface area is 179 Å². The van der Waals surface area contributed by atoms with E-state index in [1.54, 1.807) is 29.2 Å². The van der Waals surface area contributed by atoms with Gasteiger partial charge in [-0.25, -0.2) is 9.97 Å². The zero-order valence-corrected chi connectivity index (χ0v) is 17.1. The highest BCUT2D eigenvalue weighted by atomic mass is 16.2. The molecule has 8 nitrogen and oxygen atoms in total. The summed E-state index contributed by atoms with van der Waals surface area (Å²) >= 11 is 0. The minimum atomic E-state index is -0.352. The lowest BCUT2D eigenvalue weighted by Crippen LogP contribution is -2.37. The van der Waals surface area contributed by atoms with Crippen molar-refractivity contribution in [2.75, 3.05) is 36.5 Å². The summed E-state index contributed by atoms with van der Waals surface area (Å²) in [6.45, 7) is 1.29. The summed E-state index contributed by atoms with van der Waals surface area (Å²) in [5, 5.41) is 0. The second kappa shape index (κ2) is 7.46. The fourth-order valence-corrected chi connectivity index (χ4v) is 4.12. The lowest BCUT2D eigenvalue weighted by atomic mass is 10.1. The molecule has 0 saturated carbocycles. The van der Waals surface area contributed by atoms with Crippen LogP contribution in [0.5, 0.6) is 0 Å². The molecular weight excluding hydrogens is 394 g/mol. The molecular formula is C23H21N5O3. The molecule has 0 aliphatic carbocycles.